The maximum atomic E-state index is 5.19. The monoisotopic (exact) mass is 232 g/mol. The predicted molar refractivity (Wildman–Crippen MR) is 66.9 cm³/mol. The van der Waals surface area contributed by atoms with Gasteiger partial charge in [-0.2, -0.15) is 0 Å². The van der Waals surface area contributed by atoms with Crippen molar-refractivity contribution < 1.29 is 0 Å². The van der Waals surface area contributed by atoms with Crippen molar-refractivity contribution >= 4 is 18.1 Å². The third-order valence-corrected chi connectivity index (χ3v) is 2.66. The molecule has 0 unspecified atom stereocenters. The highest BCUT2D eigenvalue weighted by atomic mass is 32.2. The number of hydrogen-bond acceptors (Lipinski definition) is 6. The number of rotatable bonds is 7. The van der Waals surface area contributed by atoms with Gasteiger partial charge >= 0.3 is 0 Å². The molecule has 0 spiro atoms. The van der Waals surface area contributed by atoms with Gasteiger partial charge in [0.05, 0.1) is 23.7 Å². The highest BCUT2D eigenvalue weighted by Gasteiger charge is 2.03. The Labute approximate surface area is 95.3 Å². The van der Waals surface area contributed by atoms with Crippen LogP contribution in [0.15, 0.2) is 15.7 Å². The number of aliphatic imine (C=N–C) groups is 1. The van der Waals surface area contributed by atoms with Crippen LogP contribution in [-0.2, 0) is 0 Å². The molecule has 0 aliphatic carbocycles. The largest absolute Gasteiger partial charge is 0.381 e. The van der Waals surface area contributed by atoms with Crippen LogP contribution in [0.4, 0.5) is 0 Å². The summed E-state index contributed by atoms with van der Waals surface area (Å²) in [5.74, 6) is 0. The first-order valence-corrected chi connectivity index (χ1v) is 5.75. The number of hydrazine groups is 2. The lowest BCUT2D eigenvalue weighted by molar-refractivity contribution is 0.278. The Morgan fingerprint density at radius 1 is 1.60 bits per heavy atom. The van der Waals surface area contributed by atoms with Crippen LogP contribution in [0.2, 0.25) is 0 Å². The van der Waals surface area contributed by atoms with Gasteiger partial charge in [0.2, 0.25) is 0 Å². The molecule has 0 aromatic heterocycles. The topological polar surface area (TPSA) is 77.7 Å². The van der Waals surface area contributed by atoms with Gasteiger partial charge in [0.15, 0.2) is 0 Å². The maximum Gasteiger partial charge on any atom is 0.0996 e. The zero-order chi connectivity index (χ0) is 11.7. The molecule has 7 heteroatoms. The second-order valence-corrected chi connectivity index (χ2v) is 3.49. The van der Waals surface area contributed by atoms with E-state index < -0.39 is 0 Å². The average molecular weight is 232 g/mol. The summed E-state index contributed by atoms with van der Waals surface area (Å²) in [5.41, 5.74) is 12.0. The van der Waals surface area contributed by atoms with Crippen molar-refractivity contribution in [2.45, 2.75) is 6.92 Å². The number of nitrogens with two attached hydrogens (primary N) is 1. The SMILES string of the molecule is CN/C(SC)=C(\C)N(C)NNC=NCN. The van der Waals surface area contributed by atoms with E-state index >= 15 is 0 Å². The van der Waals surface area contributed by atoms with Crippen molar-refractivity contribution in [3.8, 4) is 0 Å². The number of hydrogen-bond donors (Lipinski definition) is 4. The molecule has 0 radical (unpaired) electrons. The molecule has 88 valence electrons. The third kappa shape index (κ3) is 5.50. The van der Waals surface area contributed by atoms with Gasteiger partial charge in [-0.15, -0.1) is 17.3 Å². The Morgan fingerprint density at radius 3 is 2.73 bits per heavy atom. The van der Waals surface area contributed by atoms with E-state index in [2.05, 4.69) is 21.3 Å². The standard InChI is InChI=1S/C8H20N6S/c1-7(8(10-2)15-4)14(3)13-12-6-11-5-9/h6,10,13H,5,9H2,1-4H3,(H,11,12)/b8-7-. The molecular formula is C8H20N6S. The summed E-state index contributed by atoms with van der Waals surface area (Å²) in [6, 6.07) is 0. The molecule has 0 saturated heterocycles. The van der Waals surface area contributed by atoms with Crippen molar-refractivity contribution in [1.29, 1.82) is 0 Å². The van der Waals surface area contributed by atoms with Crippen molar-refractivity contribution in [3.63, 3.8) is 0 Å². The molecule has 0 rings (SSSR count). The van der Waals surface area contributed by atoms with Gasteiger partial charge in [0.1, 0.15) is 0 Å². The van der Waals surface area contributed by atoms with Gasteiger partial charge in [-0.25, -0.2) is 0 Å². The average Bonchev–Trinajstić information content (AvgIpc) is 2.25. The van der Waals surface area contributed by atoms with Crippen LogP contribution in [0.1, 0.15) is 6.92 Å². The van der Waals surface area contributed by atoms with Crippen molar-refractivity contribution in [2.24, 2.45) is 10.7 Å². The minimum Gasteiger partial charge on any atom is -0.381 e. The molecule has 0 aromatic carbocycles. The summed E-state index contributed by atoms with van der Waals surface area (Å²) in [7, 11) is 3.80. The minimum absolute atomic E-state index is 0.278. The maximum absolute atomic E-state index is 5.19. The molecule has 5 N–H and O–H groups in total. The fourth-order valence-electron chi connectivity index (χ4n) is 0.891. The zero-order valence-electron chi connectivity index (χ0n) is 9.66. The van der Waals surface area contributed by atoms with E-state index in [0.29, 0.717) is 0 Å². The highest BCUT2D eigenvalue weighted by Crippen LogP contribution is 2.13. The van der Waals surface area contributed by atoms with Gasteiger partial charge in [-0.3, -0.25) is 15.4 Å². The number of thioether (sulfide) groups is 1. The summed E-state index contributed by atoms with van der Waals surface area (Å²) in [4.78, 5) is 3.80. The molecule has 6 nitrogen and oxygen atoms in total. The first-order chi connectivity index (χ1) is 7.17. The second-order valence-electron chi connectivity index (χ2n) is 2.68. The van der Waals surface area contributed by atoms with Gasteiger partial charge in [0, 0.05) is 14.1 Å². The smallest absolute Gasteiger partial charge is 0.0996 e. The number of allylic oxidation sites excluding steroid dienone is 1. The van der Waals surface area contributed by atoms with E-state index in [-0.39, 0.29) is 6.67 Å². The lowest BCUT2D eigenvalue weighted by Crippen LogP contribution is -2.43. The molecule has 0 aromatic rings. The van der Waals surface area contributed by atoms with Crippen LogP contribution in [0.3, 0.4) is 0 Å². The first kappa shape index (κ1) is 14.1. The third-order valence-electron chi connectivity index (χ3n) is 1.76. The molecule has 0 aliphatic rings. The Bertz CT molecular complexity index is 221. The van der Waals surface area contributed by atoms with E-state index in [1.54, 1.807) is 11.8 Å². The lowest BCUT2D eigenvalue weighted by Gasteiger charge is -2.22. The molecule has 0 fully saturated rings. The molecule has 0 heterocycles. The van der Waals surface area contributed by atoms with Crippen molar-refractivity contribution in [1.82, 2.24) is 21.3 Å². The summed E-state index contributed by atoms with van der Waals surface area (Å²) in [6.45, 7) is 2.29. The van der Waals surface area contributed by atoms with Gasteiger partial charge in [0.25, 0.3) is 0 Å². The number of nitrogens with zero attached hydrogens (tertiary/aromatic N) is 2. The quantitative estimate of drug-likeness (QED) is 0.273. The van der Waals surface area contributed by atoms with Crippen LogP contribution in [0.25, 0.3) is 0 Å². The summed E-state index contributed by atoms with van der Waals surface area (Å²) in [6.07, 6.45) is 3.54. The molecule has 0 amide bonds. The van der Waals surface area contributed by atoms with E-state index in [1.807, 2.05) is 32.3 Å². The molecule has 0 bridgehead atoms. The predicted octanol–water partition coefficient (Wildman–Crippen LogP) is -0.357. The fraction of sp³-hybridized carbons (Fsp3) is 0.625. The van der Waals surface area contributed by atoms with Gasteiger partial charge in [-0.1, -0.05) is 0 Å². The highest BCUT2D eigenvalue weighted by molar-refractivity contribution is 8.02. The Balaban J connectivity index is 4.13. The summed E-state index contributed by atoms with van der Waals surface area (Å²) in [5, 5.41) is 6.07. The van der Waals surface area contributed by atoms with Crippen LogP contribution < -0.4 is 22.0 Å². The fourth-order valence-corrected chi connectivity index (χ4v) is 1.53. The zero-order valence-corrected chi connectivity index (χ0v) is 10.5. The minimum atomic E-state index is 0.278. The van der Waals surface area contributed by atoms with E-state index in [1.165, 1.54) is 6.34 Å². The number of nitrogens with one attached hydrogen (secondary N) is 3. The molecular weight excluding hydrogens is 212 g/mol. The van der Waals surface area contributed by atoms with E-state index in [0.717, 1.165) is 10.7 Å². The van der Waals surface area contributed by atoms with Crippen LogP contribution in [-0.4, -0.2) is 38.4 Å². The normalized spacial score (nSPS) is 12.6. The van der Waals surface area contributed by atoms with E-state index in [9.17, 15) is 0 Å². The lowest BCUT2D eigenvalue weighted by atomic mass is 10.5. The van der Waals surface area contributed by atoms with Crippen LogP contribution in [0, 0.1) is 0 Å². The molecule has 0 atom stereocenters. The molecule has 15 heavy (non-hydrogen) atoms. The first-order valence-electron chi connectivity index (χ1n) is 4.53. The van der Waals surface area contributed by atoms with Gasteiger partial charge < -0.3 is 11.1 Å². The van der Waals surface area contributed by atoms with Crippen LogP contribution in [0.5, 0.6) is 0 Å². The molecule has 0 saturated carbocycles. The Morgan fingerprint density at radius 2 is 2.27 bits per heavy atom. The van der Waals surface area contributed by atoms with Gasteiger partial charge in [-0.05, 0) is 13.2 Å². The summed E-state index contributed by atoms with van der Waals surface area (Å²) >= 11 is 1.66. The van der Waals surface area contributed by atoms with E-state index in [4.69, 9.17) is 5.73 Å². The second kappa shape index (κ2) is 8.39. The Kier molecular flexibility index (Phi) is 7.88. The Hall–Kier alpha value is -0.920. The van der Waals surface area contributed by atoms with Crippen molar-refractivity contribution in [3.05, 3.63) is 10.7 Å². The summed E-state index contributed by atoms with van der Waals surface area (Å²) < 4.78 is 0. The molecule has 0 aliphatic heterocycles. The van der Waals surface area contributed by atoms with Crippen molar-refractivity contribution in [2.75, 3.05) is 27.0 Å². The van der Waals surface area contributed by atoms with Crippen LogP contribution >= 0.6 is 11.8 Å².